The Morgan fingerprint density at radius 2 is 1.73 bits per heavy atom. The Labute approximate surface area is 179 Å². The van der Waals surface area contributed by atoms with Crippen LogP contribution in [0.4, 0.5) is 0 Å². The van der Waals surface area contributed by atoms with E-state index in [2.05, 4.69) is 40.7 Å². The molecule has 1 heterocycles. The van der Waals surface area contributed by atoms with E-state index in [4.69, 9.17) is 4.74 Å². The summed E-state index contributed by atoms with van der Waals surface area (Å²) < 4.78 is 6.28. The maximum atomic E-state index is 12.5. The van der Waals surface area contributed by atoms with E-state index in [1.54, 1.807) is 6.07 Å². The lowest BCUT2D eigenvalue weighted by atomic mass is 9.62. The van der Waals surface area contributed by atoms with Crippen molar-refractivity contribution >= 4 is 17.3 Å². The molecule has 1 aromatic carbocycles. The Hall–Kier alpha value is -2.36. The molecule has 0 amide bonds. The zero-order valence-corrected chi connectivity index (χ0v) is 18.9. The van der Waals surface area contributed by atoms with Crippen molar-refractivity contribution < 1.29 is 19.4 Å². The van der Waals surface area contributed by atoms with Crippen molar-refractivity contribution in [2.75, 3.05) is 0 Å². The number of carbonyl (C=O) groups excluding carboxylic acids is 2. The van der Waals surface area contributed by atoms with Crippen LogP contribution < -0.4 is 4.74 Å². The van der Waals surface area contributed by atoms with E-state index >= 15 is 0 Å². The first-order valence-electron chi connectivity index (χ1n) is 11.0. The van der Waals surface area contributed by atoms with Crippen LogP contribution in [0.2, 0.25) is 0 Å². The third kappa shape index (κ3) is 2.72. The molecule has 1 aliphatic heterocycles. The smallest absolute Gasteiger partial charge is 0.234 e. The lowest BCUT2D eigenvalue weighted by Gasteiger charge is -2.42. The van der Waals surface area contributed by atoms with E-state index in [1.165, 1.54) is 18.9 Å². The Morgan fingerprint density at radius 1 is 1.07 bits per heavy atom. The number of ether oxygens (including phenoxy) is 1. The molecule has 0 aromatic heterocycles. The molecule has 1 aromatic rings. The van der Waals surface area contributed by atoms with Gasteiger partial charge in [-0.2, -0.15) is 0 Å². The number of aliphatic hydroxyl groups excluding tert-OH is 1. The monoisotopic (exact) mass is 408 g/mol. The first-order chi connectivity index (χ1) is 14.0. The van der Waals surface area contributed by atoms with Crippen LogP contribution in [0.1, 0.15) is 88.7 Å². The summed E-state index contributed by atoms with van der Waals surface area (Å²) in [4.78, 5) is 24.7. The second-order valence-corrected chi connectivity index (χ2v) is 9.96. The second-order valence-electron chi connectivity index (χ2n) is 9.96. The molecular weight excluding hydrogens is 376 g/mol. The third-order valence-corrected chi connectivity index (χ3v) is 8.55. The number of benzene rings is 1. The molecule has 4 rings (SSSR count). The zero-order valence-electron chi connectivity index (χ0n) is 18.9. The van der Waals surface area contributed by atoms with Gasteiger partial charge in [0.2, 0.25) is 11.6 Å². The SMILES string of the molecule is CC1=CCC[C@@H](C)[C@]1(C)CC[C@@]1(C)c2ccc3c(c2O[C@@H]1C)C(O)=C(C)C(=O)C3=O. The fourth-order valence-electron chi connectivity index (χ4n) is 5.48. The van der Waals surface area contributed by atoms with Gasteiger partial charge in [0.15, 0.2) is 0 Å². The van der Waals surface area contributed by atoms with Crippen LogP contribution in [0.15, 0.2) is 29.4 Å². The van der Waals surface area contributed by atoms with Crippen LogP contribution >= 0.6 is 0 Å². The molecule has 4 nitrogen and oxygen atoms in total. The number of rotatable bonds is 3. The van der Waals surface area contributed by atoms with E-state index in [-0.39, 0.29) is 33.8 Å². The van der Waals surface area contributed by atoms with E-state index in [1.807, 2.05) is 6.07 Å². The highest BCUT2D eigenvalue weighted by molar-refractivity contribution is 6.52. The minimum atomic E-state index is -0.643. The number of fused-ring (bicyclic) bond motifs is 3. The van der Waals surface area contributed by atoms with Crippen molar-refractivity contribution in [2.45, 2.75) is 78.7 Å². The van der Waals surface area contributed by atoms with E-state index < -0.39 is 11.6 Å². The number of hydrogen-bond acceptors (Lipinski definition) is 4. The van der Waals surface area contributed by atoms with Gasteiger partial charge in [-0.3, -0.25) is 9.59 Å². The lowest BCUT2D eigenvalue weighted by molar-refractivity contribution is -0.111. The number of allylic oxidation sites excluding steroid dienone is 3. The Bertz CT molecular complexity index is 1010. The molecule has 4 heteroatoms. The molecule has 30 heavy (non-hydrogen) atoms. The van der Waals surface area contributed by atoms with Gasteiger partial charge in [-0.25, -0.2) is 0 Å². The van der Waals surface area contributed by atoms with Crippen molar-refractivity contribution in [1.29, 1.82) is 0 Å². The highest BCUT2D eigenvalue weighted by Crippen LogP contribution is 2.54. The summed E-state index contributed by atoms with van der Waals surface area (Å²) in [6, 6.07) is 3.61. The molecule has 0 unspecified atom stereocenters. The Balaban J connectivity index is 1.75. The fourth-order valence-corrected chi connectivity index (χ4v) is 5.48. The summed E-state index contributed by atoms with van der Waals surface area (Å²) in [6.07, 6.45) is 6.67. The van der Waals surface area contributed by atoms with Crippen molar-refractivity contribution in [1.82, 2.24) is 0 Å². The molecule has 0 fully saturated rings. The third-order valence-electron chi connectivity index (χ3n) is 8.55. The van der Waals surface area contributed by atoms with Crippen LogP contribution in [0.3, 0.4) is 0 Å². The van der Waals surface area contributed by atoms with Gasteiger partial charge >= 0.3 is 0 Å². The van der Waals surface area contributed by atoms with Gasteiger partial charge < -0.3 is 9.84 Å². The molecule has 2 aliphatic carbocycles. The van der Waals surface area contributed by atoms with Crippen molar-refractivity contribution in [3.05, 3.63) is 46.0 Å². The molecule has 0 saturated heterocycles. The van der Waals surface area contributed by atoms with Gasteiger partial charge in [-0.1, -0.05) is 38.5 Å². The number of carbonyl (C=O) groups is 2. The molecule has 0 spiro atoms. The van der Waals surface area contributed by atoms with Crippen molar-refractivity contribution in [3.63, 3.8) is 0 Å². The number of Topliss-reactive ketones (excluding diaryl/α,β-unsaturated/α-hetero) is 2. The first-order valence-corrected chi connectivity index (χ1v) is 11.0. The predicted octanol–water partition coefficient (Wildman–Crippen LogP) is 5.94. The molecule has 0 radical (unpaired) electrons. The summed E-state index contributed by atoms with van der Waals surface area (Å²) in [5.41, 5.74) is 3.15. The topological polar surface area (TPSA) is 63.6 Å². The minimum Gasteiger partial charge on any atom is -0.507 e. The fraction of sp³-hybridized carbons (Fsp3) is 0.538. The predicted molar refractivity (Wildman–Crippen MR) is 118 cm³/mol. The van der Waals surface area contributed by atoms with Gasteiger partial charge in [0.1, 0.15) is 17.6 Å². The summed E-state index contributed by atoms with van der Waals surface area (Å²) in [5, 5.41) is 10.7. The van der Waals surface area contributed by atoms with Gasteiger partial charge in [0.05, 0.1) is 5.56 Å². The molecule has 160 valence electrons. The average Bonchev–Trinajstić information content (AvgIpc) is 2.97. The summed E-state index contributed by atoms with van der Waals surface area (Å²) >= 11 is 0. The van der Waals surface area contributed by atoms with Crippen LogP contribution in [0.5, 0.6) is 5.75 Å². The van der Waals surface area contributed by atoms with Crippen LogP contribution in [-0.2, 0) is 10.2 Å². The minimum absolute atomic E-state index is 0.0911. The molecule has 4 atom stereocenters. The maximum Gasteiger partial charge on any atom is 0.234 e. The molecule has 0 saturated carbocycles. The maximum absolute atomic E-state index is 12.5. The lowest BCUT2D eigenvalue weighted by Crippen LogP contribution is -2.37. The Kier molecular flexibility index (Phi) is 4.76. The quantitative estimate of drug-likeness (QED) is 0.496. The molecular formula is C26H32O4. The van der Waals surface area contributed by atoms with Gasteiger partial charge in [-0.15, -0.1) is 0 Å². The summed E-state index contributed by atoms with van der Waals surface area (Å²) in [7, 11) is 0. The zero-order chi connectivity index (χ0) is 22.0. The average molecular weight is 409 g/mol. The largest absolute Gasteiger partial charge is 0.507 e. The number of aliphatic hydroxyl groups is 1. The van der Waals surface area contributed by atoms with Crippen LogP contribution in [0.25, 0.3) is 5.76 Å². The molecule has 3 aliphatic rings. The first kappa shape index (κ1) is 20.9. The van der Waals surface area contributed by atoms with Gasteiger partial charge in [0, 0.05) is 22.1 Å². The normalized spacial score (nSPS) is 33.2. The van der Waals surface area contributed by atoms with Crippen LogP contribution in [-0.4, -0.2) is 22.8 Å². The second kappa shape index (κ2) is 6.83. The standard InChI is InChI=1S/C26H32O4/c1-14-8-7-9-15(2)25(14,5)12-13-26(6)17(4)30-24-19(26)11-10-18-20(24)21(27)16(3)22(28)23(18)29/h8,10-11,15,17,27H,7,9,12-13H2,1-6H3/t15-,17-,25-,26-/m1/s1. The molecule has 1 N–H and O–H groups in total. The van der Waals surface area contributed by atoms with Gasteiger partial charge in [0.25, 0.3) is 0 Å². The Morgan fingerprint density at radius 3 is 2.40 bits per heavy atom. The van der Waals surface area contributed by atoms with E-state index in [9.17, 15) is 14.7 Å². The highest BCUT2D eigenvalue weighted by Gasteiger charge is 2.48. The van der Waals surface area contributed by atoms with Crippen LogP contribution in [0, 0.1) is 11.3 Å². The highest BCUT2D eigenvalue weighted by atomic mass is 16.5. The number of hydrogen-bond donors (Lipinski definition) is 1. The van der Waals surface area contributed by atoms with Crippen molar-refractivity contribution in [2.24, 2.45) is 11.3 Å². The summed E-state index contributed by atoms with van der Waals surface area (Å²) in [6.45, 7) is 12.8. The van der Waals surface area contributed by atoms with E-state index in [0.29, 0.717) is 17.2 Å². The van der Waals surface area contributed by atoms with Crippen molar-refractivity contribution in [3.8, 4) is 5.75 Å². The number of ketones is 2. The van der Waals surface area contributed by atoms with Gasteiger partial charge in [-0.05, 0) is 63.9 Å². The summed E-state index contributed by atoms with van der Waals surface area (Å²) in [5.74, 6) is -0.152. The molecule has 0 bridgehead atoms. The van der Waals surface area contributed by atoms with E-state index in [0.717, 1.165) is 24.8 Å².